The van der Waals surface area contributed by atoms with Gasteiger partial charge in [0.25, 0.3) is 0 Å². The molecule has 0 atom stereocenters. The molecule has 0 saturated heterocycles. The van der Waals surface area contributed by atoms with Gasteiger partial charge >= 0.3 is 0 Å². The quantitative estimate of drug-likeness (QED) is 0.668. The molecule has 0 spiro atoms. The molecule has 0 aliphatic rings. The largest absolute Gasteiger partial charge is 0.439 e. The first-order valence-electron chi connectivity index (χ1n) is 7.03. The van der Waals surface area contributed by atoms with Gasteiger partial charge in [0.2, 0.25) is 5.88 Å². The molecule has 0 unspecified atom stereocenters. The third-order valence-electron chi connectivity index (χ3n) is 3.24. The normalized spacial score (nSPS) is 10.2. The molecule has 0 N–H and O–H groups in total. The number of rotatable bonds is 4. The molecule has 0 radical (unpaired) electrons. The molecule has 2 aromatic carbocycles. The highest BCUT2D eigenvalue weighted by Gasteiger charge is 2.10. The lowest BCUT2D eigenvalue weighted by Gasteiger charge is -2.07. The first-order chi connectivity index (χ1) is 10.7. The van der Waals surface area contributed by atoms with E-state index in [0.29, 0.717) is 22.8 Å². The Hall–Kier alpha value is -2.94. The number of carbonyl (C=O) groups excluding carboxylic acids is 1. The van der Waals surface area contributed by atoms with Gasteiger partial charge in [-0.2, -0.15) is 0 Å². The highest BCUT2D eigenvalue weighted by Crippen LogP contribution is 2.21. The molecule has 0 saturated carbocycles. The van der Waals surface area contributed by atoms with Gasteiger partial charge in [-0.25, -0.2) is 4.98 Å². The van der Waals surface area contributed by atoms with Gasteiger partial charge < -0.3 is 4.74 Å². The maximum Gasteiger partial charge on any atom is 0.219 e. The zero-order valence-corrected chi connectivity index (χ0v) is 12.2. The molecule has 22 heavy (non-hydrogen) atoms. The predicted octanol–water partition coefficient (Wildman–Crippen LogP) is 4.41. The number of benzene rings is 2. The van der Waals surface area contributed by atoms with Gasteiger partial charge in [0.1, 0.15) is 5.75 Å². The summed E-state index contributed by atoms with van der Waals surface area (Å²) in [5, 5.41) is 0. The molecule has 3 aromatic rings. The predicted molar refractivity (Wildman–Crippen MR) is 85.4 cm³/mol. The molecule has 0 fully saturated rings. The molecule has 0 amide bonds. The van der Waals surface area contributed by atoms with Gasteiger partial charge in [-0.05, 0) is 31.2 Å². The summed E-state index contributed by atoms with van der Waals surface area (Å²) < 4.78 is 5.67. The van der Waals surface area contributed by atoms with Crippen LogP contribution in [0.5, 0.6) is 11.6 Å². The van der Waals surface area contributed by atoms with Gasteiger partial charge in [-0.1, -0.05) is 42.0 Å². The molecule has 1 aromatic heterocycles. The second-order valence-electron chi connectivity index (χ2n) is 5.00. The summed E-state index contributed by atoms with van der Waals surface area (Å²) in [4.78, 5) is 16.6. The van der Waals surface area contributed by atoms with Crippen molar-refractivity contribution >= 4 is 5.78 Å². The summed E-state index contributed by atoms with van der Waals surface area (Å²) >= 11 is 0. The summed E-state index contributed by atoms with van der Waals surface area (Å²) in [6, 6.07) is 20.1. The number of ketones is 1. The van der Waals surface area contributed by atoms with Crippen LogP contribution in [0, 0.1) is 6.92 Å². The highest BCUT2D eigenvalue weighted by molar-refractivity contribution is 6.09. The van der Waals surface area contributed by atoms with Crippen LogP contribution in [-0.4, -0.2) is 10.8 Å². The van der Waals surface area contributed by atoms with Gasteiger partial charge in [0.05, 0.1) is 0 Å². The summed E-state index contributed by atoms with van der Waals surface area (Å²) in [6.07, 6.45) is 1.66. The van der Waals surface area contributed by atoms with Crippen LogP contribution >= 0.6 is 0 Å². The van der Waals surface area contributed by atoms with E-state index in [1.807, 2.05) is 49.4 Å². The van der Waals surface area contributed by atoms with E-state index in [0.717, 1.165) is 5.56 Å². The second-order valence-corrected chi connectivity index (χ2v) is 5.00. The Bertz CT molecular complexity index is 797. The van der Waals surface area contributed by atoms with Gasteiger partial charge in [-0.3, -0.25) is 4.79 Å². The van der Waals surface area contributed by atoms with E-state index in [4.69, 9.17) is 4.74 Å². The Labute approximate surface area is 129 Å². The highest BCUT2D eigenvalue weighted by atomic mass is 16.5. The van der Waals surface area contributed by atoms with E-state index in [9.17, 15) is 4.79 Å². The SMILES string of the molecule is Cc1cccc(C(=O)c2cccc(Oc3ccccn3)c2)c1. The van der Waals surface area contributed by atoms with Gasteiger partial charge in [-0.15, -0.1) is 0 Å². The number of ether oxygens (including phenoxy) is 1. The van der Waals surface area contributed by atoms with E-state index in [1.54, 1.807) is 30.5 Å². The first kappa shape index (κ1) is 14.0. The summed E-state index contributed by atoms with van der Waals surface area (Å²) in [5.41, 5.74) is 2.33. The number of carbonyl (C=O) groups is 1. The Morgan fingerprint density at radius 1 is 0.909 bits per heavy atom. The van der Waals surface area contributed by atoms with Crippen LogP contribution in [0.1, 0.15) is 21.5 Å². The van der Waals surface area contributed by atoms with Crippen LogP contribution in [0.3, 0.4) is 0 Å². The fourth-order valence-electron chi connectivity index (χ4n) is 2.18. The van der Waals surface area contributed by atoms with E-state index >= 15 is 0 Å². The fraction of sp³-hybridized carbons (Fsp3) is 0.0526. The Morgan fingerprint density at radius 3 is 2.41 bits per heavy atom. The lowest BCUT2D eigenvalue weighted by Crippen LogP contribution is -2.01. The minimum absolute atomic E-state index is 0.0184. The number of aromatic nitrogens is 1. The van der Waals surface area contributed by atoms with Crippen molar-refractivity contribution in [2.75, 3.05) is 0 Å². The van der Waals surface area contributed by atoms with Crippen molar-refractivity contribution in [3.8, 4) is 11.6 Å². The molecule has 0 bridgehead atoms. The third-order valence-corrected chi connectivity index (χ3v) is 3.24. The van der Waals surface area contributed by atoms with Crippen LogP contribution in [0.25, 0.3) is 0 Å². The maximum absolute atomic E-state index is 12.5. The molecule has 108 valence electrons. The van der Waals surface area contributed by atoms with E-state index in [-0.39, 0.29) is 5.78 Å². The molecule has 0 aliphatic carbocycles. The molecule has 0 aliphatic heterocycles. The van der Waals surface area contributed by atoms with E-state index < -0.39 is 0 Å². The molecule has 3 rings (SSSR count). The summed E-state index contributed by atoms with van der Waals surface area (Å²) in [5.74, 6) is 1.08. The Morgan fingerprint density at radius 2 is 1.68 bits per heavy atom. The number of aryl methyl sites for hydroxylation is 1. The maximum atomic E-state index is 12.5. The molecule has 3 heteroatoms. The van der Waals surface area contributed by atoms with Crippen molar-refractivity contribution in [2.45, 2.75) is 6.92 Å². The third kappa shape index (κ3) is 3.20. The zero-order chi connectivity index (χ0) is 15.4. The molecular formula is C19H15NO2. The smallest absolute Gasteiger partial charge is 0.219 e. The monoisotopic (exact) mass is 289 g/mol. The standard InChI is InChI=1S/C19H15NO2/c1-14-6-4-7-15(12-14)19(21)16-8-5-9-17(13-16)22-18-10-2-3-11-20-18/h2-13H,1H3. The van der Waals surface area contributed by atoms with Gasteiger partial charge in [0, 0.05) is 23.4 Å². The van der Waals surface area contributed by atoms with Crippen LogP contribution in [0.15, 0.2) is 72.9 Å². The van der Waals surface area contributed by atoms with Crippen LogP contribution in [-0.2, 0) is 0 Å². The van der Waals surface area contributed by atoms with Crippen molar-refractivity contribution in [1.29, 1.82) is 0 Å². The number of nitrogens with zero attached hydrogens (tertiary/aromatic N) is 1. The van der Waals surface area contributed by atoms with Crippen LogP contribution in [0.4, 0.5) is 0 Å². The van der Waals surface area contributed by atoms with E-state index in [1.165, 1.54) is 0 Å². The molecule has 3 nitrogen and oxygen atoms in total. The van der Waals surface area contributed by atoms with Crippen molar-refractivity contribution in [2.24, 2.45) is 0 Å². The number of hydrogen-bond donors (Lipinski definition) is 0. The van der Waals surface area contributed by atoms with Crippen molar-refractivity contribution < 1.29 is 9.53 Å². The molecule has 1 heterocycles. The minimum Gasteiger partial charge on any atom is -0.439 e. The second kappa shape index (κ2) is 6.22. The van der Waals surface area contributed by atoms with Crippen LogP contribution < -0.4 is 4.74 Å². The Kier molecular flexibility index (Phi) is 3.97. The average molecular weight is 289 g/mol. The van der Waals surface area contributed by atoms with Crippen molar-refractivity contribution in [1.82, 2.24) is 4.98 Å². The molecular weight excluding hydrogens is 274 g/mol. The van der Waals surface area contributed by atoms with Gasteiger partial charge in [0.15, 0.2) is 5.78 Å². The van der Waals surface area contributed by atoms with Crippen LogP contribution in [0.2, 0.25) is 0 Å². The lowest BCUT2D eigenvalue weighted by atomic mass is 10.0. The topological polar surface area (TPSA) is 39.2 Å². The van der Waals surface area contributed by atoms with E-state index in [2.05, 4.69) is 4.98 Å². The van der Waals surface area contributed by atoms with Crippen molar-refractivity contribution in [3.05, 3.63) is 89.6 Å². The van der Waals surface area contributed by atoms with Crippen molar-refractivity contribution in [3.63, 3.8) is 0 Å². The number of pyridine rings is 1. The first-order valence-corrected chi connectivity index (χ1v) is 7.03. The minimum atomic E-state index is -0.0184. The Balaban J connectivity index is 1.86. The average Bonchev–Trinajstić information content (AvgIpc) is 2.55. The summed E-state index contributed by atoms with van der Waals surface area (Å²) in [7, 11) is 0. The number of hydrogen-bond acceptors (Lipinski definition) is 3. The lowest BCUT2D eigenvalue weighted by molar-refractivity contribution is 0.103. The fourth-order valence-corrected chi connectivity index (χ4v) is 2.18. The zero-order valence-electron chi connectivity index (χ0n) is 12.2. The summed E-state index contributed by atoms with van der Waals surface area (Å²) in [6.45, 7) is 1.97.